The van der Waals surface area contributed by atoms with E-state index in [1.165, 1.54) is 4.57 Å². The van der Waals surface area contributed by atoms with Crippen molar-refractivity contribution in [1.29, 1.82) is 0 Å². The Morgan fingerprint density at radius 1 is 1.13 bits per heavy atom. The van der Waals surface area contributed by atoms with E-state index in [0.29, 0.717) is 35.6 Å². The van der Waals surface area contributed by atoms with E-state index in [9.17, 15) is 9.59 Å². The first-order valence-corrected chi connectivity index (χ1v) is 13.6. The van der Waals surface area contributed by atoms with Gasteiger partial charge in [-0.2, -0.15) is 4.98 Å². The van der Waals surface area contributed by atoms with Crippen LogP contribution in [0.3, 0.4) is 0 Å². The second-order valence-electron chi connectivity index (χ2n) is 11.4. The lowest BCUT2D eigenvalue weighted by molar-refractivity contribution is 0.0209. The average Bonchev–Trinajstić information content (AvgIpc) is 3.07. The fourth-order valence-electron chi connectivity index (χ4n) is 5.49. The van der Waals surface area contributed by atoms with Gasteiger partial charge < -0.3 is 14.5 Å². The van der Waals surface area contributed by atoms with E-state index in [4.69, 9.17) is 27.9 Å². The monoisotopic (exact) mass is 558 g/mol. The molecule has 9 nitrogen and oxygen atoms in total. The van der Waals surface area contributed by atoms with Gasteiger partial charge in [0.25, 0.3) is 0 Å². The van der Waals surface area contributed by atoms with E-state index in [0.717, 1.165) is 24.1 Å². The van der Waals surface area contributed by atoms with E-state index < -0.39 is 11.3 Å². The first-order valence-electron chi connectivity index (χ1n) is 12.9. The fourth-order valence-corrected chi connectivity index (χ4v) is 5.78. The molecule has 0 aliphatic carbocycles. The quantitative estimate of drug-likeness (QED) is 0.391. The van der Waals surface area contributed by atoms with E-state index in [2.05, 4.69) is 19.9 Å². The van der Waals surface area contributed by atoms with Crippen molar-refractivity contribution >= 4 is 46.1 Å². The first kappa shape index (κ1) is 26.7. The molecule has 0 spiro atoms. The second-order valence-corrected chi connectivity index (χ2v) is 12.1. The summed E-state index contributed by atoms with van der Waals surface area (Å²) in [5, 5.41) is 1.01. The molecule has 38 heavy (non-hydrogen) atoms. The van der Waals surface area contributed by atoms with Crippen molar-refractivity contribution in [2.75, 3.05) is 18.0 Å². The highest BCUT2D eigenvalue weighted by molar-refractivity contribution is 6.41. The number of halogens is 2. The maximum absolute atomic E-state index is 13.8. The Morgan fingerprint density at radius 2 is 1.79 bits per heavy atom. The van der Waals surface area contributed by atoms with Crippen molar-refractivity contribution in [2.45, 2.75) is 78.0 Å². The number of aromatic nitrogens is 4. The molecule has 0 N–H and O–H groups in total. The van der Waals surface area contributed by atoms with Crippen molar-refractivity contribution in [1.82, 2.24) is 24.4 Å². The summed E-state index contributed by atoms with van der Waals surface area (Å²) in [5.41, 5.74) is 1.63. The Balaban J connectivity index is 1.65. The molecule has 2 unspecified atom stereocenters. The standard InChI is InChI=1S/C27H32Cl2N6O3/c1-14(2)20-21(15(3)9-10-30-20)35-23-18(11-19(28)22(29)31-23)24(32-25(35)36)34-16-7-8-17(34)13-33(12-16)26(37)38-27(4,5)6/h9-11,14,16-17H,7-8,12-13H2,1-6H3. The Kier molecular flexibility index (Phi) is 6.80. The van der Waals surface area contributed by atoms with Crippen LogP contribution in [0.1, 0.15) is 64.6 Å². The van der Waals surface area contributed by atoms with Gasteiger partial charge in [0.15, 0.2) is 5.65 Å². The third kappa shape index (κ3) is 4.71. The van der Waals surface area contributed by atoms with Crippen LogP contribution in [-0.4, -0.2) is 61.3 Å². The molecule has 11 heteroatoms. The molecule has 3 aromatic heterocycles. The number of hydrogen-bond acceptors (Lipinski definition) is 7. The number of aryl methyl sites for hydroxylation is 1. The Labute approximate surface area is 231 Å². The molecule has 5 rings (SSSR count). The summed E-state index contributed by atoms with van der Waals surface area (Å²) in [6.45, 7) is 12.5. The van der Waals surface area contributed by atoms with Gasteiger partial charge in [-0.05, 0) is 64.2 Å². The minimum atomic E-state index is -0.573. The zero-order valence-electron chi connectivity index (χ0n) is 22.5. The highest BCUT2D eigenvalue weighted by atomic mass is 35.5. The number of anilines is 1. The third-order valence-corrected chi connectivity index (χ3v) is 7.73. The summed E-state index contributed by atoms with van der Waals surface area (Å²) in [6.07, 6.45) is 3.14. The van der Waals surface area contributed by atoms with Crippen LogP contribution in [-0.2, 0) is 4.74 Å². The highest BCUT2D eigenvalue weighted by Crippen LogP contribution is 2.39. The van der Waals surface area contributed by atoms with Gasteiger partial charge in [-0.25, -0.2) is 19.1 Å². The lowest BCUT2D eigenvalue weighted by Gasteiger charge is -2.42. The van der Waals surface area contributed by atoms with Crippen LogP contribution in [0.2, 0.25) is 10.2 Å². The van der Waals surface area contributed by atoms with E-state index in [1.54, 1.807) is 17.2 Å². The molecule has 0 aromatic carbocycles. The first-order chi connectivity index (χ1) is 17.9. The van der Waals surface area contributed by atoms with Crippen molar-refractivity contribution < 1.29 is 9.53 Å². The third-order valence-electron chi connectivity index (χ3n) is 7.06. The van der Waals surface area contributed by atoms with Gasteiger partial charge in [0.2, 0.25) is 0 Å². The summed E-state index contributed by atoms with van der Waals surface area (Å²) < 4.78 is 7.12. The predicted octanol–water partition coefficient (Wildman–Crippen LogP) is 5.50. The smallest absolute Gasteiger partial charge is 0.410 e. The lowest BCUT2D eigenvalue weighted by Crippen LogP contribution is -2.56. The zero-order chi connectivity index (χ0) is 27.5. The highest BCUT2D eigenvalue weighted by Gasteiger charge is 2.44. The number of amides is 1. The van der Waals surface area contributed by atoms with Crippen molar-refractivity contribution in [3.05, 3.63) is 50.2 Å². The van der Waals surface area contributed by atoms with E-state index >= 15 is 0 Å². The molecule has 2 saturated heterocycles. The number of fused-ring (bicyclic) bond motifs is 3. The maximum Gasteiger partial charge on any atom is 0.410 e. The molecule has 3 aromatic rings. The molecular weight excluding hydrogens is 527 g/mol. The molecule has 2 bridgehead atoms. The van der Waals surface area contributed by atoms with Gasteiger partial charge in [-0.1, -0.05) is 37.0 Å². The predicted molar refractivity (Wildman–Crippen MR) is 149 cm³/mol. The number of ether oxygens (including phenoxy) is 1. The number of pyridine rings is 2. The number of carbonyl (C=O) groups excluding carboxylic acids is 1. The van der Waals surface area contributed by atoms with Crippen LogP contribution in [0.5, 0.6) is 0 Å². The topological polar surface area (TPSA) is 93.5 Å². The van der Waals surface area contributed by atoms with Crippen LogP contribution < -0.4 is 10.6 Å². The molecular formula is C27H32Cl2N6O3. The average molecular weight is 559 g/mol. The molecule has 202 valence electrons. The number of likely N-dealkylation sites (tertiary alicyclic amines) is 1. The van der Waals surface area contributed by atoms with Gasteiger partial charge >= 0.3 is 11.8 Å². The van der Waals surface area contributed by atoms with E-state index in [-0.39, 0.29) is 34.3 Å². The number of hydrogen-bond donors (Lipinski definition) is 0. The van der Waals surface area contributed by atoms with Crippen molar-refractivity contribution in [2.24, 2.45) is 0 Å². The number of nitrogens with zero attached hydrogens (tertiary/aromatic N) is 6. The number of rotatable bonds is 3. The second kappa shape index (κ2) is 9.68. The SMILES string of the molecule is Cc1ccnc(C(C)C)c1-n1c(=O)nc(N2C3CCC2CN(C(=O)OC(C)(C)C)C3)c2cc(Cl)c(Cl)nc21. The van der Waals surface area contributed by atoms with Gasteiger partial charge in [0, 0.05) is 31.4 Å². The van der Waals surface area contributed by atoms with Crippen LogP contribution >= 0.6 is 23.2 Å². The minimum absolute atomic E-state index is 0.0203. The fraction of sp³-hybridized carbons (Fsp3) is 0.519. The van der Waals surface area contributed by atoms with Crippen molar-refractivity contribution in [3.63, 3.8) is 0 Å². The van der Waals surface area contributed by atoms with Crippen LogP contribution in [0.4, 0.5) is 10.6 Å². The Hall–Kier alpha value is -2.91. The van der Waals surface area contributed by atoms with Gasteiger partial charge in [0.05, 0.1) is 21.8 Å². The molecule has 2 fully saturated rings. The molecule has 2 aliphatic heterocycles. The Bertz CT molecular complexity index is 1470. The van der Waals surface area contributed by atoms with Gasteiger partial charge in [-0.3, -0.25) is 4.98 Å². The summed E-state index contributed by atoms with van der Waals surface area (Å²) in [7, 11) is 0. The maximum atomic E-state index is 13.8. The summed E-state index contributed by atoms with van der Waals surface area (Å²) in [5.74, 6) is 0.572. The Morgan fingerprint density at radius 3 is 2.39 bits per heavy atom. The van der Waals surface area contributed by atoms with Gasteiger partial charge in [0.1, 0.15) is 16.6 Å². The molecule has 2 aliphatic rings. The number of piperazine rings is 1. The van der Waals surface area contributed by atoms with Crippen LogP contribution in [0.15, 0.2) is 23.1 Å². The molecule has 5 heterocycles. The zero-order valence-corrected chi connectivity index (χ0v) is 24.0. The normalized spacial score (nSPS) is 19.5. The summed E-state index contributed by atoms with van der Waals surface area (Å²) in [4.78, 5) is 44.3. The van der Waals surface area contributed by atoms with Gasteiger partial charge in [-0.15, -0.1) is 0 Å². The molecule has 0 saturated carbocycles. The summed E-state index contributed by atoms with van der Waals surface area (Å²) >= 11 is 12.8. The van der Waals surface area contributed by atoms with Crippen LogP contribution in [0.25, 0.3) is 16.7 Å². The van der Waals surface area contributed by atoms with E-state index in [1.807, 2.05) is 47.6 Å². The molecule has 1 amide bonds. The molecule has 0 radical (unpaired) electrons. The largest absolute Gasteiger partial charge is 0.444 e. The number of carbonyl (C=O) groups is 1. The van der Waals surface area contributed by atoms with Crippen molar-refractivity contribution in [3.8, 4) is 5.69 Å². The minimum Gasteiger partial charge on any atom is -0.444 e. The molecule has 2 atom stereocenters. The van der Waals surface area contributed by atoms with Crippen LogP contribution in [0, 0.1) is 6.92 Å². The lowest BCUT2D eigenvalue weighted by atomic mass is 10.0. The summed E-state index contributed by atoms with van der Waals surface area (Å²) in [6, 6.07) is 3.55.